The minimum absolute atomic E-state index is 0.0608. The quantitative estimate of drug-likeness (QED) is 0.395. The molecule has 2 fully saturated rings. The number of ether oxygens (including phenoxy) is 1. The van der Waals surface area contributed by atoms with Crippen LogP contribution in [0.15, 0.2) is 73.3 Å². The molecular weight excluding hydrogens is 485 g/mol. The second-order valence-corrected chi connectivity index (χ2v) is 10.0. The van der Waals surface area contributed by atoms with E-state index >= 15 is 0 Å². The van der Waals surface area contributed by atoms with E-state index < -0.39 is 14.1 Å². The molecule has 3 unspecified atom stereocenters. The first-order valence-corrected chi connectivity index (χ1v) is 12.9. The van der Waals surface area contributed by atoms with Crippen molar-refractivity contribution in [3.63, 3.8) is 0 Å². The molecule has 0 radical (unpaired) electrons. The Labute approximate surface area is 206 Å². The number of anilines is 1. The molecular formula is C24H22N5O6P. The van der Waals surface area contributed by atoms with E-state index in [1.165, 1.54) is 6.33 Å². The number of carbonyl (C=O) groups excluding carboxylic acids is 1. The number of amides is 1. The van der Waals surface area contributed by atoms with Gasteiger partial charge < -0.3 is 14.6 Å². The van der Waals surface area contributed by atoms with Crippen molar-refractivity contribution < 1.29 is 27.7 Å². The van der Waals surface area contributed by atoms with Crippen LogP contribution in [0, 0.1) is 5.92 Å². The standard InChI is InChI=1S/C24H22N5O6P/c30-24(16-7-3-1-4-8-16)28-22-21-23(26-14-25-22)29(15-27-21)20-11-17-12-32-36(31,33-13-19(17)34-20)35-18-9-5-2-6-10-18/h1-10,14-15,17,19-20H,11-13H2,(H,25,26,28,30)/t17?,19?,20-,36?/m1/s1. The monoisotopic (exact) mass is 507 g/mol. The van der Waals surface area contributed by atoms with Crippen LogP contribution in [0.2, 0.25) is 0 Å². The van der Waals surface area contributed by atoms with Gasteiger partial charge in [-0.2, -0.15) is 0 Å². The molecule has 0 aliphatic carbocycles. The zero-order valence-corrected chi connectivity index (χ0v) is 19.9. The highest BCUT2D eigenvalue weighted by Crippen LogP contribution is 2.53. The minimum Gasteiger partial charge on any atom is -0.404 e. The maximum atomic E-state index is 13.0. The third-order valence-corrected chi connectivity index (χ3v) is 7.47. The van der Waals surface area contributed by atoms with Crippen molar-refractivity contribution in [1.29, 1.82) is 0 Å². The van der Waals surface area contributed by atoms with Gasteiger partial charge in [-0.25, -0.2) is 19.5 Å². The van der Waals surface area contributed by atoms with E-state index in [2.05, 4.69) is 20.3 Å². The van der Waals surface area contributed by atoms with Crippen LogP contribution in [-0.2, 0) is 18.3 Å². The first-order chi connectivity index (χ1) is 17.6. The molecule has 4 atom stereocenters. The van der Waals surface area contributed by atoms with Gasteiger partial charge in [-0.15, -0.1) is 0 Å². The molecule has 6 rings (SSSR count). The van der Waals surface area contributed by atoms with Gasteiger partial charge in [0.25, 0.3) is 5.91 Å². The largest absolute Gasteiger partial charge is 0.530 e. The highest BCUT2D eigenvalue weighted by Gasteiger charge is 2.44. The zero-order valence-electron chi connectivity index (χ0n) is 19.0. The number of nitrogens with zero attached hydrogens (tertiary/aromatic N) is 4. The summed E-state index contributed by atoms with van der Waals surface area (Å²) in [6.45, 7) is 0.219. The van der Waals surface area contributed by atoms with Crippen molar-refractivity contribution in [3.8, 4) is 5.75 Å². The third-order valence-electron chi connectivity index (χ3n) is 6.10. The van der Waals surface area contributed by atoms with Gasteiger partial charge >= 0.3 is 7.82 Å². The molecule has 4 heterocycles. The molecule has 2 saturated heterocycles. The van der Waals surface area contributed by atoms with Gasteiger partial charge in [0.15, 0.2) is 17.0 Å². The Morgan fingerprint density at radius 3 is 2.56 bits per heavy atom. The highest BCUT2D eigenvalue weighted by molar-refractivity contribution is 7.48. The summed E-state index contributed by atoms with van der Waals surface area (Å²) in [5.41, 5.74) is 1.48. The van der Waals surface area contributed by atoms with Gasteiger partial charge in [-0.1, -0.05) is 36.4 Å². The summed E-state index contributed by atoms with van der Waals surface area (Å²) in [4.78, 5) is 25.6. The number of aromatic nitrogens is 4. The lowest BCUT2D eigenvalue weighted by molar-refractivity contribution is -0.0221. The first-order valence-electron chi connectivity index (χ1n) is 11.4. The zero-order chi connectivity index (χ0) is 24.5. The minimum atomic E-state index is -3.76. The number of rotatable bonds is 5. The molecule has 12 heteroatoms. The topological polar surface area (TPSA) is 127 Å². The van der Waals surface area contributed by atoms with Gasteiger partial charge in [0.1, 0.15) is 18.3 Å². The molecule has 0 spiro atoms. The number of hydrogen-bond acceptors (Lipinski definition) is 9. The Hall–Kier alpha value is -3.63. The number of nitrogens with one attached hydrogen (secondary N) is 1. The Bertz CT molecular complexity index is 1410. The lowest BCUT2D eigenvalue weighted by Crippen LogP contribution is -2.21. The van der Waals surface area contributed by atoms with E-state index in [0.29, 0.717) is 34.7 Å². The van der Waals surface area contributed by atoms with Crippen molar-refractivity contribution in [1.82, 2.24) is 19.5 Å². The van der Waals surface area contributed by atoms with Crippen LogP contribution >= 0.6 is 7.82 Å². The van der Waals surface area contributed by atoms with E-state index in [0.717, 1.165) is 0 Å². The predicted molar refractivity (Wildman–Crippen MR) is 128 cm³/mol. The molecule has 4 aromatic rings. The van der Waals surface area contributed by atoms with Crippen LogP contribution in [-0.4, -0.2) is 44.7 Å². The molecule has 2 aliphatic heterocycles. The maximum Gasteiger partial charge on any atom is 0.530 e. The van der Waals surface area contributed by atoms with Gasteiger partial charge in [-0.05, 0) is 24.3 Å². The van der Waals surface area contributed by atoms with Crippen LogP contribution < -0.4 is 9.84 Å². The molecule has 0 saturated carbocycles. The first kappa shape index (κ1) is 22.8. The smallest absolute Gasteiger partial charge is 0.404 e. The summed E-state index contributed by atoms with van der Waals surface area (Å²) >= 11 is 0. The van der Waals surface area contributed by atoms with Crippen LogP contribution in [0.1, 0.15) is 23.0 Å². The van der Waals surface area contributed by atoms with Crippen molar-refractivity contribution in [3.05, 3.63) is 78.9 Å². The number of fused-ring (bicyclic) bond motifs is 2. The Kier molecular flexibility index (Phi) is 5.98. The van der Waals surface area contributed by atoms with Crippen molar-refractivity contribution in [2.75, 3.05) is 18.5 Å². The maximum absolute atomic E-state index is 13.0. The number of phosphoric ester groups is 1. The molecule has 36 heavy (non-hydrogen) atoms. The molecule has 1 amide bonds. The lowest BCUT2D eigenvalue weighted by atomic mass is 10.0. The van der Waals surface area contributed by atoms with Gasteiger partial charge in [0.05, 0.1) is 25.6 Å². The summed E-state index contributed by atoms with van der Waals surface area (Å²) in [6, 6.07) is 17.6. The highest BCUT2D eigenvalue weighted by atomic mass is 31.2. The average Bonchev–Trinajstić information content (AvgIpc) is 3.49. The Balaban J connectivity index is 1.16. The lowest BCUT2D eigenvalue weighted by Gasteiger charge is -2.18. The van der Waals surface area contributed by atoms with E-state index in [9.17, 15) is 9.36 Å². The fourth-order valence-corrected chi connectivity index (χ4v) is 5.55. The van der Waals surface area contributed by atoms with Crippen molar-refractivity contribution in [2.24, 2.45) is 5.92 Å². The number of para-hydroxylation sites is 1. The summed E-state index contributed by atoms with van der Waals surface area (Å²) in [7, 11) is -3.76. The van der Waals surface area contributed by atoms with Crippen LogP contribution in [0.3, 0.4) is 0 Å². The molecule has 2 aromatic heterocycles. The molecule has 11 nitrogen and oxygen atoms in total. The van der Waals surface area contributed by atoms with E-state index in [1.807, 2.05) is 12.1 Å². The van der Waals surface area contributed by atoms with E-state index in [-0.39, 0.29) is 31.1 Å². The Morgan fingerprint density at radius 2 is 1.75 bits per heavy atom. The van der Waals surface area contributed by atoms with Crippen molar-refractivity contribution in [2.45, 2.75) is 18.8 Å². The summed E-state index contributed by atoms with van der Waals surface area (Å²) < 4.78 is 37.7. The third kappa shape index (κ3) is 4.49. The molecule has 2 aromatic carbocycles. The van der Waals surface area contributed by atoms with Gasteiger partial charge in [0.2, 0.25) is 0 Å². The fourth-order valence-electron chi connectivity index (χ4n) is 4.28. The van der Waals surface area contributed by atoms with Crippen LogP contribution in [0.25, 0.3) is 11.2 Å². The average molecular weight is 507 g/mol. The second kappa shape index (κ2) is 9.44. The number of benzene rings is 2. The van der Waals surface area contributed by atoms with E-state index in [1.54, 1.807) is 59.4 Å². The van der Waals surface area contributed by atoms with E-state index in [4.69, 9.17) is 18.3 Å². The summed E-state index contributed by atoms with van der Waals surface area (Å²) in [5.74, 6) is 0.361. The van der Waals surface area contributed by atoms with Gasteiger partial charge in [0, 0.05) is 17.9 Å². The number of phosphoric acid groups is 1. The number of carbonyl (C=O) groups is 1. The summed E-state index contributed by atoms with van der Waals surface area (Å²) in [5, 5.41) is 2.80. The van der Waals surface area contributed by atoms with Crippen molar-refractivity contribution >= 4 is 30.7 Å². The molecule has 2 aliphatic rings. The predicted octanol–water partition coefficient (Wildman–Crippen LogP) is 4.22. The SMILES string of the molecule is O=C(Nc1ncnc2c1ncn2[C@H]1CC2COP(=O)(Oc3ccccc3)OCC2O1)c1ccccc1. The molecule has 184 valence electrons. The van der Waals surface area contributed by atoms with Crippen LogP contribution in [0.4, 0.5) is 5.82 Å². The van der Waals surface area contributed by atoms with Crippen LogP contribution in [0.5, 0.6) is 5.75 Å². The van der Waals surface area contributed by atoms with Gasteiger partial charge in [-0.3, -0.25) is 18.4 Å². The second-order valence-electron chi connectivity index (χ2n) is 8.43. The fraction of sp³-hybridized carbons (Fsp3) is 0.250. The summed E-state index contributed by atoms with van der Waals surface area (Å²) in [6.07, 6.45) is 2.82. The molecule has 1 N–H and O–H groups in total. The number of hydrogen-bond donors (Lipinski definition) is 1. The number of imidazole rings is 1. The molecule has 0 bridgehead atoms. The normalized spacial score (nSPS) is 25.7. The Morgan fingerprint density at radius 1 is 1.00 bits per heavy atom.